The van der Waals surface area contributed by atoms with Crippen LogP contribution in [-0.4, -0.2) is 38.6 Å². The first-order valence-electron chi connectivity index (χ1n) is 11.4. The fourth-order valence-corrected chi connectivity index (χ4v) is 5.28. The quantitative estimate of drug-likeness (QED) is 0.484. The number of anilines is 1. The number of rotatable bonds is 6. The average Bonchev–Trinajstić information content (AvgIpc) is 3.61. The molecule has 180 valence electrons. The van der Waals surface area contributed by atoms with Gasteiger partial charge in [-0.1, -0.05) is 6.07 Å². The molecule has 0 atom stereocenters. The smallest absolute Gasteiger partial charge is 0.433 e. The molecule has 34 heavy (non-hydrogen) atoms. The number of fused-ring (bicyclic) bond motifs is 1. The molecule has 1 aliphatic carbocycles. The standard InChI is InChI=1S/C24H25F3N4O2S/c1-31-19-11-18(30-23(32)16-3-2-4-21(28-16)24(25,26)27)20(33-13-14-5-6-14)12-17(19)29-22(31)15-7-9-34-10-8-15/h2-4,11-12,14-15H,5-10,13H2,1H3,(H,30,32). The molecule has 1 saturated carbocycles. The largest absolute Gasteiger partial charge is 0.491 e. The lowest BCUT2D eigenvalue weighted by Crippen LogP contribution is -2.17. The number of amides is 1. The van der Waals surface area contributed by atoms with E-state index in [2.05, 4.69) is 10.3 Å². The Hall–Kier alpha value is -2.75. The third kappa shape index (κ3) is 4.87. The summed E-state index contributed by atoms with van der Waals surface area (Å²) in [5, 5.41) is 2.72. The molecule has 3 heterocycles. The van der Waals surface area contributed by atoms with Crippen LogP contribution in [0.5, 0.6) is 5.75 Å². The second-order valence-electron chi connectivity index (χ2n) is 8.87. The summed E-state index contributed by atoms with van der Waals surface area (Å²) in [6.45, 7) is 0.524. The molecule has 1 aliphatic heterocycles. The van der Waals surface area contributed by atoms with Crippen molar-refractivity contribution in [2.45, 2.75) is 37.8 Å². The van der Waals surface area contributed by atoms with Gasteiger partial charge in [-0.25, -0.2) is 9.97 Å². The molecule has 0 unspecified atom stereocenters. The first kappa shape index (κ1) is 23.0. The summed E-state index contributed by atoms with van der Waals surface area (Å²) in [6.07, 6.45) is -0.289. The SMILES string of the molecule is Cn1c(C2CCSCC2)nc2cc(OCC3CC3)c(NC(=O)c3cccc(C(F)(F)F)n3)cc21. The molecule has 2 fully saturated rings. The minimum Gasteiger partial charge on any atom is -0.491 e. The summed E-state index contributed by atoms with van der Waals surface area (Å²) in [5.41, 5.74) is 0.582. The minimum atomic E-state index is -4.63. The van der Waals surface area contributed by atoms with Crippen molar-refractivity contribution in [2.24, 2.45) is 13.0 Å². The van der Waals surface area contributed by atoms with Crippen LogP contribution in [0.15, 0.2) is 30.3 Å². The molecular weight excluding hydrogens is 465 g/mol. The molecular formula is C24H25F3N4O2S. The van der Waals surface area contributed by atoms with Gasteiger partial charge in [0.15, 0.2) is 0 Å². The number of halogens is 3. The van der Waals surface area contributed by atoms with Gasteiger partial charge in [-0.15, -0.1) is 0 Å². The van der Waals surface area contributed by atoms with Gasteiger partial charge >= 0.3 is 6.18 Å². The molecule has 2 aromatic heterocycles. The molecule has 2 aliphatic rings. The first-order valence-corrected chi connectivity index (χ1v) is 12.5. The van der Waals surface area contributed by atoms with Crippen molar-refractivity contribution in [2.75, 3.05) is 23.4 Å². The second-order valence-corrected chi connectivity index (χ2v) is 10.1. The molecule has 10 heteroatoms. The van der Waals surface area contributed by atoms with Crippen molar-refractivity contribution in [3.05, 3.63) is 47.5 Å². The van der Waals surface area contributed by atoms with Crippen molar-refractivity contribution < 1.29 is 22.7 Å². The summed E-state index contributed by atoms with van der Waals surface area (Å²) in [7, 11) is 1.96. The third-order valence-electron chi connectivity index (χ3n) is 6.30. The van der Waals surface area contributed by atoms with E-state index < -0.39 is 17.8 Å². The number of carbonyl (C=O) groups excluding carboxylic acids is 1. The Morgan fingerprint density at radius 2 is 1.94 bits per heavy atom. The summed E-state index contributed by atoms with van der Waals surface area (Å²) in [6, 6.07) is 6.88. The van der Waals surface area contributed by atoms with Crippen LogP contribution in [0, 0.1) is 5.92 Å². The number of aryl methyl sites for hydroxylation is 1. The monoisotopic (exact) mass is 490 g/mol. The van der Waals surface area contributed by atoms with Gasteiger partial charge in [0, 0.05) is 19.0 Å². The highest BCUT2D eigenvalue weighted by Gasteiger charge is 2.33. The highest BCUT2D eigenvalue weighted by molar-refractivity contribution is 7.99. The Morgan fingerprint density at radius 1 is 1.18 bits per heavy atom. The van der Waals surface area contributed by atoms with Gasteiger partial charge in [-0.2, -0.15) is 24.9 Å². The summed E-state index contributed by atoms with van der Waals surface area (Å²) in [5.74, 6) is 3.82. The predicted molar refractivity (Wildman–Crippen MR) is 125 cm³/mol. The molecule has 0 bridgehead atoms. The van der Waals surface area contributed by atoms with Crippen LogP contribution in [0.25, 0.3) is 11.0 Å². The number of aromatic nitrogens is 3. The van der Waals surface area contributed by atoms with Gasteiger partial charge in [0.05, 0.1) is 23.3 Å². The van der Waals surface area contributed by atoms with Crippen LogP contribution >= 0.6 is 11.8 Å². The van der Waals surface area contributed by atoms with Gasteiger partial charge < -0.3 is 14.6 Å². The number of alkyl halides is 3. The van der Waals surface area contributed by atoms with Gasteiger partial charge in [-0.05, 0) is 61.3 Å². The topological polar surface area (TPSA) is 69.0 Å². The lowest BCUT2D eigenvalue weighted by molar-refractivity contribution is -0.141. The summed E-state index contributed by atoms with van der Waals surface area (Å²) >= 11 is 1.95. The van der Waals surface area contributed by atoms with Crippen LogP contribution in [0.4, 0.5) is 18.9 Å². The number of nitrogens with one attached hydrogen (secondary N) is 1. The maximum Gasteiger partial charge on any atom is 0.433 e. The van der Waals surface area contributed by atoms with E-state index in [4.69, 9.17) is 9.72 Å². The molecule has 6 nitrogen and oxygen atoms in total. The molecule has 3 aromatic rings. The average molecular weight is 491 g/mol. The van der Waals surface area contributed by atoms with Crippen molar-refractivity contribution >= 4 is 34.4 Å². The van der Waals surface area contributed by atoms with Crippen LogP contribution < -0.4 is 10.1 Å². The Bertz CT molecular complexity index is 1220. The number of nitrogens with zero attached hydrogens (tertiary/aromatic N) is 3. The lowest BCUT2D eigenvalue weighted by atomic mass is 10.0. The molecule has 1 saturated heterocycles. The first-order chi connectivity index (χ1) is 16.3. The van der Waals surface area contributed by atoms with E-state index in [9.17, 15) is 18.0 Å². The normalized spacial score (nSPS) is 17.2. The highest BCUT2D eigenvalue weighted by atomic mass is 32.2. The number of imidazole rings is 1. The number of thioether (sulfide) groups is 1. The van der Waals surface area contributed by atoms with Gasteiger partial charge in [0.2, 0.25) is 0 Å². The van der Waals surface area contributed by atoms with Gasteiger partial charge in [0.25, 0.3) is 5.91 Å². The molecule has 1 aromatic carbocycles. The van der Waals surface area contributed by atoms with Gasteiger partial charge in [-0.3, -0.25) is 4.79 Å². The van der Waals surface area contributed by atoms with Crippen molar-refractivity contribution in [3.8, 4) is 5.75 Å². The number of benzene rings is 1. The zero-order valence-electron chi connectivity index (χ0n) is 18.7. The zero-order chi connectivity index (χ0) is 23.9. The maximum absolute atomic E-state index is 13.1. The number of carbonyl (C=O) groups is 1. The van der Waals surface area contributed by atoms with E-state index in [1.165, 1.54) is 12.1 Å². The van der Waals surface area contributed by atoms with E-state index >= 15 is 0 Å². The van der Waals surface area contributed by atoms with Crippen molar-refractivity contribution in [1.82, 2.24) is 14.5 Å². The van der Waals surface area contributed by atoms with Crippen molar-refractivity contribution in [1.29, 1.82) is 0 Å². The van der Waals surface area contributed by atoms with E-state index in [1.54, 1.807) is 6.07 Å². The van der Waals surface area contributed by atoms with Gasteiger partial charge in [0.1, 0.15) is 23.0 Å². The number of ether oxygens (including phenoxy) is 1. The molecule has 0 spiro atoms. The fraction of sp³-hybridized carbons (Fsp3) is 0.458. The third-order valence-corrected chi connectivity index (χ3v) is 7.34. The predicted octanol–water partition coefficient (Wildman–Crippen LogP) is 5.64. The fourth-order valence-electron chi connectivity index (χ4n) is 4.17. The molecule has 0 radical (unpaired) electrons. The minimum absolute atomic E-state index is 0.312. The number of hydrogen-bond acceptors (Lipinski definition) is 5. The molecule has 1 amide bonds. The Balaban J connectivity index is 1.48. The van der Waals surface area contributed by atoms with E-state index in [0.717, 1.165) is 60.1 Å². The zero-order valence-corrected chi connectivity index (χ0v) is 19.5. The Kier molecular flexibility index (Phi) is 6.18. The Labute approximate surface area is 199 Å². The van der Waals surface area contributed by atoms with Crippen LogP contribution in [0.1, 0.15) is 53.6 Å². The van der Waals surface area contributed by atoms with E-state index in [-0.39, 0.29) is 5.69 Å². The molecule has 5 rings (SSSR count). The Morgan fingerprint density at radius 3 is 2.65 bits per heavy atom. The number of pyridine rings is 1. The number of hydrogen-bond donors (Lipinski definition) is 1. The van der Waals surface area contributed by atoms with Crippen LogP contribution in [-0.2, 0) is 13.2 Å². The van der Waals surface area contributed by atoms with Crippen molar-refractivity contribution in [3.63, 3.8) is 0 Å². The summed E-state index contributed by atoms with van der Waals surface area (Å²) in [4.78, 5) is 21.2. The van der Waals surface area contributed by atoms with Crippen LogP contribution in [0.3, 0.4) is 0 Å². The van der Waals surface area contributed by atoms with E-state index in [0.29, 0.717) is 29.9 Å². The lowest BCUT2D eigenvalue weighted by Gasteiger charge is -2.20. The molecule has 1 N–H and O–H groups in total. The highest BCUT2D eigenvalue weighted by Crippen LogP contribution is 2.37. The van der Waals surface area contributed by atoms with E-state index in [1.807, 2.05) is 29.4 Å². The second kappa shape index (κ2) is 9.13. The van der Waals surface area contributed by atoms with Crippen LogP contribution in [0.2, 0.25) is 0 Å². The summed E-state index contributed by atoms with van der Waals surface area (Å²) < 4.78 is 47.2. The maximum atomic E-state index is 13.1.